The first-order valence-electron chi connectivity index (χ1n) is 4.52. The standard InChI is InChI=1S/C10H12F3NO2/c1-15-9(16-2)5-14-8-4-6(11)3-7(12)10(8)13/h3-4,9,14H,5H2,1-2H3. The Labute approximate surface area is 91.2 Å². The Balaban J connectivity index is 2.73. The second-order valence-electron chi connectivity index (χ2n) is 3.03. The van der Waals surface area contributed by atoms with Crippen molar-refractivity contribution in [1.82, 2.24) is 0 Å². The van der Waals surface area contributed by atoms with Gasteiger partial charge in [-0.1, -0.05) is 0 Å². The molecule has 0 unspecified atom stereocenters. The van der Waals surface area contributed by atoms with Crippen LogP contribution in [-0.4, -0.2) is 27.1 Å². The van der Waals surface area contributed by atoms with Crippen LogP contribution in [0.3, 0.4) is 0 Å². The van der Waals surface area contributed by atoms with Crippen LogP contribution < -0.4 is 5.32 Å². The predicted molar refractivity (Wildman–Crippen MR) is 52.6 cm³/mol. The van der Waals surface area contributed by atoms with Crippen LogP contribution in [0.15, 0.2) is 12.1 Å². The maximum atomic E-state index is 13.2. The molecule has 0 radical (unpaired) electrons. The van der Waals surface area contributed by atoms with E-state index in [-0.39, 0.29) is 12.2 Å². The zero-order valence-electron chi connectivity index (χ0n) is 8.89. The minimum atomic E-state index is -1.24. The van der Waals surface area contributed by atoms with E-state index in [1.165, 1.54) is 14.2 Å². The molecule has 1 N–H and O–H groups in total. The van der Waals surface area contributed by atoms with Gasteiger partial charge in [0.25, 0.3) is 0 Å². The molecule has 0 fully saturated rings. The highest BCUT2D eigenvalue weighted by atomic mass is 19.2. The van der Waals surface area contributed by atoms with Crippen molar-refractivity contribution >= 4 is 5.69 Å². The molecule has 1 aromatic rings. The minimum absolute atomic E-state index is 0.0762. The Kier molecular flexibility index (Phi) is 4.57. The van der Waals surface area contributed by atoms with E-state index in [2.05, 4.69) is 5.32 Å². The third-order valence-electron chi connectivity index (χ3n) is 1.98. The van der Waals surface area contributed by atoms with Crippen LogP contribution >= 0.6 is 0 Å². The van der Waals surface area contributed by atoms with Crippen LogP contribution in [-0.2, 0) is 9.47 Å². The number of hydrogen-bond acceptors (Lipinski definition) is 3. The van der Waals surface area contributed by atoms with Crippen LogP contribution in [0.4, 0.5) is 18.9 Å². The third-order valence-corrected chi connectivity index (χ3v) is 1.98. The number of nitrogens with one attached hydrogen (secondary N) is 1. The van der Waals surface area contributed by atoms with E-state index in [1.54, 1.807) is 0 Å². The van der Waals surface area contributed by atoms with E-state index in [0.29, 0.717) is 6.07 Å². The Morgan fingerprint density at radius 1 is 1.19 bits per heavy atom. The molecule has 0 atom stereocenters. The van der Waals surface area contributed by atoms with E-state index in [0.717, 1.165) is 6.07 Å². The van der Waals surface area contributed by atoms with Gasteiger partial charge in [-0.3, -0.25) is 0 Å². The molecule has 0 heterocycles. The monoisotopic (exact) mass is 235 g/mol. The number of methoxy groups -OCH3 is 2. The molecular weight excluding hydrogens is 223 g/mol. The zero-order chi connectivity index (χ0) is 12.1. The van der Waals surface area contributed by atoms with Gasteiger partial charge in [-0.05, 0) is 0 Å². The van der Waals surface area contributed by atoms with Crippen molar-refractivity contribution in [3.63, 3.8) is 0 Å². The van der Waals surface area contributed by atoms with E-state index in [4.69, 9.17) is 9.47 Å². The second-order valence-corrected chi connectivity index (χ2v) is 3.03. The lowest BCUT2D eigenvalue weighted by molar-refractivity contribution is -0.0914. The fraction of sp³-hybridized carbons (Fsp3) is 0.400. The van der Waals surface area contributed by atoms with Gasteiger partial charge in [0.1, 0.15) is 5.82 Å². The van der Waals surface area contributed by atoms with Gasteiger partial charge in [-0.25, -0.2) is 13.2 Å². The molecule has 0 spiro atoms. The Bertz CT molecular complexity index is 356. The largest absolute Gasteiger partial charge is 0.377 e. The Morgan fingerprint density at radius 2 is 1.81 bits per heavy atom. The Morgan fingerprint density at radius 3 is 2.38 bits per heavy atom. The molecule has 0 saturated carbocycles. The summed E-state index contributed by atoms with van der Waals surface area (Å²) in [6.07, 6.45) is -0.620. The summed E-state index contributed by atoms with van der Waals surface area (Å²) >= 11 is 0. The molecule has 16 heavy (non-hydrogen) atoms. The first-order valence-corrected chi connectivity index (χ1v) is 4.52. The maximum Gasteiger partial charge on any atom is 0.182 e. The van der Waals surface area contributed by atoms with Gasteiger partial charge in [0.05, 0.1) is 12.2 Å². The van der Waals surface area contributed by atoms with E-state index >= 15 is 0 Å². The summed E-state index contributed by atoms with van der Waals surface area (Å²) in [5, 5.41) is 2.49. The molecule has 0 aliphatic carbocycles. The SMILES string of the molecule is COC(CNc1cc(F)cc(F)c1F)OC. The first-order chi connectivity index (χ1) is 7.58. The molecule has 0 amide bonds. The lowest BCUT2D eigenvalue weighted by Gasteiger charge is -2.15. The zero-order valence-corrected chi connectivity index (χ0v) is 8.89. The van der Waals surface area contributed by atoms with Gasteiger partial charge < -0.3 is 14.8 Å². The fourth-order valence-electron chi connectivity index (χ4n) is 1.14. The number of halogens is 3. The number of benzene rings is 1. The number of hydrogen-bond donors (Lipinski definition) is 1. The molecule has 0 aromatic heterocycles. The van der Waals surface area contributed by atoms with Crippen molar-refractivity contribution in [2.45, 2.75) is 6.29 Å². The molecule has 3 nitrogen and oxygen atoms in total. The van der Waals surface area contributed by atoms with Crippen molar-refractivity contribution in [2.24, 2.45) is 0 Å². The molecule has 6 heteroatoms. The van der Waals surface area contributed by atoms with Crippen LogP contribution in [0, 0.1) is 17.5 Å². The smallest absolute Gasteiger partial charge is 0.182 e. The topological polar surface area (TPSA) is 30.5 Å². The lowest BCUT2D eigenvalue weighted by atomic mass is 10.3. The predicted octanol–water partition coefficient (Wildman–Crippen LogP) is 2.13. The lowest BCUT2D eigenvalue weighted by Crippen LogP contribution is -2.24. The molecule has 0 bridgehead atoms. The minimum Gasteiger partial charge on any atom is -0.377 e. The highest BCUT2D eigenvalue weighted by Crippen LogP contribution is 2.19. The highest BCUT2D eigenvalue weighted by molar-refractivity contribution is 5.45. The Hall–Kier alpha value is -1.27. The summed E-state index contributed by atoms with van der Waals surface area (Å²) in [5.41, 5.74) is -0.267. The van der Waals surface area contributed by atoms with E-state index < -0.39 is 23.7 Å². The summed E-state index contributed by atoms with van der Waals surface area (Å²) in [5.74, 6) is -3.23. The van der Waals surface area contributed by atoms with Crippen LogP contribution in [0.2, 0.25) is 0 Å². The van der Waals surface area contributed by atoms with Crippen molar-refractivity contribution in [3.05, 3.63) is 29.6 Å². The van der Waals surface area contributed by atoms with Crippen molar-refractivity contribution in [3.8, 4) is 0 Å². The van der Waals surface area contributed by atoms with E-state index in [1.807, 2.05) is 0 Å². The maximum absolute atomic E-state index is 13.2. The quantitative estimate of drug-likeness (QED) is 0.626. The molecular formula is C10H12F3NO2. The average Bonchev–Trinajstić information content (AvgIpc) is 2.26. The van der Waals surface area contributed by atoms with Crippen LogP contribution in [0.5, 0.6) is 0 Å². The number of anilines is 1. The number of ether oxygens (including phenoxy) is 2. The van der Waals surface area contributed by atoms with Gasteiger partial charge in [0, 0.05) is 26.4 Å². The van der Waals surface area contributed by atoms with Crippen molar-refractivity contribution < 1.29 is 22.6 Å². The number of rotatable bonds is 5. The third kappa shape index (κ3) is 3.11. The van der Waals surface area contributed by atoms with Gasteiger partial charge >= 0.3 is 0 Å². The summed E-state index contributed by atoms with van der Waals surface area (Å²) in [6, 6.07) is 1.34. The van der Waals surface area contributed by atoms with Gasteiger partial charge in [0.15, 0.2) is 17.9 Å². The second kappa shape index (κ2) is 5.72. The summed E-state index contributed by atoms with van der Waals surface area (Å²) in [4.78, 5) is 0. The summed E-state index contributed by atoms with van der Waals surface area (Å²) in [7, 11) is 2.80. The van der Waals surface area contributed by atoms with Gasteiger partial charge in [-0.15, -0.1) is 0 Å². The summed E-state index contributed by atoms with van der Waals surface area (Å²) in [6.45, 7) is 0.0762. The highest BCUT2D eigenvalue weighted by Gasteiger charge is 2.12. The van der Waals surface area contributed by atoms with Crippen LogP contribution in [0.1, 0.15) is 0 Å². The van der Waals surface area contributed by atoms with Crippen LogP contribution in [0.25, 0.3) is 0 Å². The molecule has 1 rings (SSSR count). The first kappa shape index (κ1) is 12.8. The van der Waals surface area contributed by atoms with Crippen molar-refractivity contribution in [1.29, 1.82) is 0 Å². The average molecular weight is 235 g/mol. The normalized spacial score (nSPS) is 10.9. The van der Waals surface area contributed by atoms with Gasteiger partial charge in [0.2, 0.25) is 0 Å². The summed E-state index contributed by atoms with van der Waals surface area (Å²) < 4.78 is 48.4. The molecule has 0 aliphatic heterocycles. The van der Waals surface area contributed by atoms with Gasteiger partial charge in [-0.2, -0.15) is 0 Å². The fourth-order valence-corrected chi connectivity index (χ4v) is 1.14. The van der Waals surface area contributed by atoms with E-state index in [9.17, 15) is 13.2 Å². The molecule has 0 saturated heterocycles. The van der Waals surface area contributed by atoms with Crippen molar-refractivity contribution in [2.75, 3.05) is 26.1 Å². The molecule has 1 aromatic carbocycles. The molecule has 90 valence electrons. The molecule has 0 aliphatic rings.